The summed E-state index contributed by atoms with van der Waals surface area (Å²) < 4.78 is 11.3. The number of imide groups is 2. The second-order valence-corrected chi connectivity index (χ2v) is 9.03. The zero-order chi connectivity index (χ0) is 29.7. The number of benzene rings is 3. The number of aryl methyl sites for hydroxylation is 2. The van der Waals surface area contributed by atoms with E-state index in [9.17, 15) is 29.3 Å². The number of non-ortho nitro benzene ring substituents is 1. The molecule has 0 bridgehead atoms. The molecule has 0 saturated carbocycles. The van der Waals surface area contributed by atoms with Crippen molar-refractivity contribution in [2.45, 2.75) is 20.8 Å². The number of amides is 5. The van der Waals surface area contributed by atoms with E-state index in [0.29, 0.717) is 16.2 Å². The highest BCUT2D eigenvalue weighted by Crippen LogP contribution is 2.31. The lowest BCUT2D eigenvalue weighted by Crippen LogP contribution is -2.54. The van der Waals surface area contributed by atoms with Crippen molar-refractivity contribution in [1.29, 1.82) is 0 Å². The third kappa shape index (κ3) is 6.56. The summed E-state index contributed by atoms with van der Waals surface area (Å²) in [4.78, 5) is 61.7. The van der Waals surface area contributed by atoms with Crippen molar-refractivity contribution in [2.24, 2.45) is 0 Å². The van der Waals surface area contributed by atoms with Crippen LogP contribution < -0.4 is 25.0 Å². The molecule has 12 nitrogen and oxygen atoms in total. The average molecular weight is 559 g/mol. The van der Waals surface area contributed by atoms with Gasteiger partial charge in [-0.25, -0.2) is 9.69 Å². The van der Waals surface area contributed by atoms with Gasteiger partial charge < -0.3 is 14.8 Å². The van der Waals surface area contributed by atoms with Crippen molar-refractivity contribution in [3.63, 3.8) is 0 Å². The number of nitro groups is 1. The number of carbonyl (C=O) groups excluding carboxylic acids is 4. The molecule has 1 aliphatic heterocycles. The molecule has 0 unspecified atom stereocenters. The van der Waals surface area contributed by atoms with Gasteiger partial charge in [-0.05, 0) is 68.3 Å². The maximum atomic E-state index is 13.2. The van der Waals surface area contributed by atoms with E-state index in [2.05, 4.69) is 10.6 Å². The van der Waals surface area contributed by atoms with Crippen molar-refractivity contribution < 1.29 is 33.6 Å². The van der Waals surface area contributed by atoms with Crippen LogP contribution in [-0.4, -0.2) is 41.9 Å². The van der Waals surface area contributed by atoms with Gasteiger partial charge in [0.05, 0.1) is 17.2 Å². The fourth-order valence-electron chi connectivity index (χ4n) is 4.07. The quantitative estimate of drug-likeness (QED) is 0.170. The number of nitro benzene ring substituents is 1. The normalized spacial score (nSPS) is 14.1. The van der Waals surface area contributed by atoms with E-state index in [1.807, 2.05) is 32.0 Å². The molecular formula is C29H26N4O8. The highest BCUT2D eigenvalue weighted by molar-refractivity contribution is 6.39. The van der Waals surface area contributed by atoms with Gasteiger partial charge in [0, 0.05) is 17.8 Å². The first-order chi connectivity index (χ1) is 19.6. The molecule has 1 aliphatic rings. The highest BCUT2D eigenvalue weighted by atomic mass is 16.6. The molecule has 210 valence electrons. The Bertz CT molecular complexity index is 1580. The third-order valence-electron chi connectivity index (χ3n) is 6.01. The van der Waals surface area contributed by atoms with Crippen LogP contribution in [-0.2, 0) is 14.4 Å². The number of anilines is 2. The summed E-state index contributed by atoms with van der Waals surface area (Å²) in [6.07, 6.45) is 1.28. The van der Waals surface area contributed by atoms with Gasteiger partial charge in [0.15, 0.2) is 18.1 Å². The van der Waals surface area contributed by atoms with Gasteiger partial charge in [-0.3, -0.25) is 29.8 Å². The Morgan fingerprint density at radius 2 is 1.73 bits per heavy atom. The minimum Gasteiger partial charge on any atom is -0.490 e. The molecule has 0 atom stereocenters. The van der Waals surface area contributed by atoms with Crippen LogP contribution in [0.4, 0.5) is 21.9 Å². The predicted octanol–water partition coefficient (Wildman–Crippen LogP) is 4.29. The van der Waals surface area contributed by atoms with Crippen LogP contribution in [0.3, 0.4) is 0 Å². The molecule has 1 saturated heterocycles. The molecule has 0 radical (unpaired) electrons. The summed E-state index contributed by atoms with van der Waals surface area (Å²) in [7, 11) is 0. The van der Waals surface area contributed by atoms with Crippen LogP contribution in [0, 0.1) is 24.0 Å². The number of urea groups is 1. The Hall–Kier alpha value is -5.52. The minimum absolute atomic E-state index is 0.0503. The number of hydrogen-bond acceptors (Lipinski definition) is 8. The molecule has 0 aliphatic carbocycles. The molecule has 2 N–H and O–H groups in total. The van der Waals surface area contributed by atoms with Crippen molar-refractivity contribution in [3.05, 3.63) is 93.0 Å². The van der Waals surface area contributed by atoms with Crippen molar-refractivity contribution in [3.8, 4) is 11.5 Å². The van der Waals surface area contributed by atoms with E-state index in [1.165, 1.54) is 30.3 Å². The molecule has 0 spiro atoms. The summed E-state index contributed by atoms with van der Waals surface area (Å²) >= 11 is 0. The number of carbonyl (C=O) groups is 4. The molecular weight excluding hydrogens is 532 g/mol. The molecule has 5 amide bonds. The van der Waals surface area contributed by atoms with Crippen LogP contribution in [0.2, 0.25) is 0 Å². The van der Waals surface area contributed by atoms with Gasteiger partial charge in [0.1, 0.15) is 5.57 Å². The molecule has 3 aromatic rings. The fourth-order valence-corrected chi connectivity index (χ4v) is 4.07. The number of rotatable bonds is 9. The van der Waals surface area contributed by atoms with E-state index in [4.69, 9.17) is 9.47 Å². The Morgan fingerprint density at radius 1 is 1.00 bits per heavy atom. The highest BCUT2D eigenvalue weighted by Gasteiger charge is 2.37. The molecule has 12 heteroatoms. The van der Waals surface area contributed by atoms with E-state index in [1.54, 1.807) is 13.0 Å². The topological polar surface area (TPSA) is 157 Å². The number of ether oxygens (including phenoxy) is 2. The molecule has 41 heavy (non-hydrogen) atoms. The van der Waals surface area contributed by atoms with Crippen LogP contribution in [0.25, 0.3) is 6.08 Å². The van der Waals surface area contributed by atoms with Gasteiger partial charge in [0.2, 0.25) is 0 Å². The van der Waals surface area contributed by atoms with Gasteiger partial charge in [-0.2, -0.15) is 0 Å². The summed E-state index contributed by atoms with van der Waals surface area (Å²) in [6.45, 7) is 5.59. The summed E-state index contributed by atoms with van der Waals surface area (Å²) in [6, 6.07) is 14.1. The summed E-state index contributed by atoms with van der Waals surface area (Å²) in [5.74, 6) is -1.64. The number of hydrogen-bond donors (Lipinski definition) is 2. The van der Waals surface area contributed by atoms with Crippen molar-refractivity contribution >= 4 is 46.9 Å². The van der Waals surface area contributed by atoms with Crippen LogP contribution in [0.1, 0.15) is 23.6 Å². The second-order valence-electron chi connectivity index (χ2n) is 9.03. The first kappa shape index (κ1) is 28.5. The summed E-state index contributed by atoms with van der Waals surface area (Å²) in [5.41, 5.74) is 2.54. The van der Waals surface area contributed by atoms with Crippen molar-refractivity contribution in [2.75, 3.05) is 23.4 Å². The Balaban J connectivity index is 1.53. The Morgan fingerprint density at radius 3 is 2.39 bits per heavy atom. The minimum atomic E-state index is -0.983. The first-order valence-corrected chi connectivity index (χ1v) is 12.5. The molecule has 0 aromatic heterocycles. The standard InChI is InChI=1S/C29H26N4O8/c1-4-40-25-15-19(6-12-24(25)41-16-26(34)30-23-11-5-17(2)13-18(23)3)14-22-27(35)31-29(37)32(28(22)36)20-7-9-21(10-8-20)33(38)39/h5-15H,4,16H2,1-3H3,(H,30,34)(H,31,35,37)/b22-14-. The van der Waals surface area contributed by atoms with E-state index < -0.39 is 22.8 Å². The van der Waals surface area contributed by atoms with E-state index in [0.717, 1.165) is 23.3 Å². The molecule has 1 heterocycles. The second kappa shape index (κ2) is 12.1. The zero-order valence-corrected chi connectivity index (χ0v) is 22.4. The lowest BCUT2D eigenvalue weighted by atomic mass is 10.1. The lowest BCUT2D eigenvalue weighted by molar-refractivity contribution is -0.384. The van der Waals surface area contributed by atoms with Gasteiger partial charge in [-0.15, -0.1) is 0 Å². The summed E-state index contributed by atoms with van der Waals surface area (Å²) in [5, 5.41) is 15.8. The molecule has 3 aromatic carbocycles. The van der Waals surface area contributed by atoms with Crippen molar-refractivity contribution in [1.82, 2.24) is 5.32 Å². The first-order valence-electron chi connectivity index (χ1n) is 12.5. The van der Waals surface area contributed by atoms with Gasteiger partial charge >= 0.3 is 6.03 Å². The average Bonchev–Trinajstić information content (AvgIpc) is 2.92. The number of barbiturate groups is 1. The Kier molecular flexibility index (Phi) is 8.42. The number of nitrogens with zero attached hydrogens (tertiary/aromatic N) is 2. The maximum Gasteiger partial charge on any atom is 0.335 e. The largest absolute Gasteiger partial charge is 0.490 e. The zero-order valence-electron chi connectivity index (χ0n) is 22.4. The number of nitrogens with one attached hydrogen (secondary N) is 2. The van der Waals surface area contributed by atoms with E-state index >= 15 is 0 Å². The van der Waals surface area contributed by atoms with Gasteiger partial charge in [-0.1, -0.05) is 23.8 Å². The monoisotopic (exact) mass is 558 g/mol. The Labute approximate surface area is 234 Å². The predicted molar refractivity (Wildman–Crippen MR) is 150 cm³/mol. The van der Waals surface area contributed by atoms with E-state index in [-0.39, 0.29) is 47.6 Å². The van der Waals surface area contributed by atoms with Gasteiger partial charge in [0.25, 0.3) is 23.4 Å². The van der Waals surface area contributed by atoms with Crippen LogP contribution in [0.15, 0.2) is 66.2 Å². The third-order valence-corrected chi connectivity index (χ3v) is 6.01. The molecule has 1 fully saturated rings. The lowest BCUT2D eigenvalue weighted by Gasteiger charge is -2.26. The molecule has 4 rings (SSSR count). The SMILES string of the molecule is CCOc1cc(/C=C2/C(=O)NC(=O)N(c3ccc([N+](=O)[O-])cc3)C2=O)ccc1OCC(=O)Nc1ccc(C)cc1C. The fraction of sp³-hybridized carbons (Fsp3) is 0.172. The van der Waals surface area contributed by atoms with Crippen LogP contribution >= 0.6 is 0 Å². The maximum absolute atomic E-state index is 13.2. The van der Waals surface area contributed by atoms with Crippen LogP contribution in [0.5, 0.6) is 11.5 Å². The smallest absolute Gasteiger partial charge is 0.335 e.